The number of aromatic nitrogens is 3. The minimum absolute atomic E-state index is 0.0211. The molecule has 0 bridgehead atoms. The average Bonchev–Trinajstić information content (AvgIpc) is 3.48. The minimum atomic E-state index is -4.83. The lowest BCUT2D eigenvalue weighted by Crippen LogP contribution is -2.36. The molecule has 3 N–H and O–H groups in total. The molecule has 2 aromatic heterocycles. The third-order valence-corrected chi connectivity index (χ3v) is 5.81. The number of rotatable bonds is 5. The summed E-state index contributed by atoms with van der Waals surface area (Å²) >= 11 is 17.4. The van der Waals surface area contributed by atoms with Crippen LogP contribution in [-0.4, -0.2) is 37.7 Å². The topological polar surface area (TPSA) is 101 Å². The van der Waals surface area contributed by atoms with Crippen LogP contribution < -0.4 is 16.0 Å². The van der Waals surface area contributed by atoms with E-state index in [1.54, 1.807) is 13.0 Å². The fourth-order valence-corrected chi connectivity index (χ4v) is 3.94. The molecule has 0 atom stereocenters. The minimum Gasteiger partial charge on any atom is -0.349 e. The number of hydrogen-bond donors (Lipinski definition) is 3. The molecule has 3 aromatic rings. The molecule has 1 fully saturated rings. The Hall–Kier alpha value is -3.22. The van der Waals surface area contributed by atoms with Gasteiger partial charge in [-0.15, -0.1) is 0 Å². The van der Waals surface area contributed by atoms with Crippen LogP contribution in [0.2, 0.25) is 10.0 Å². The van der Waals surface area contributed by atoms with Gasteiger partial charge >= 0.3 is 6.18 Å². The van der Waals surface area contributed by atoms with E-state index >= 15 is 0 Å². The average molecular weight is 557 g/mol. The summed E-state index contributed by atoms with van der Waals surface area (Å²) < 4.78 is 40.8. The summed E-state index contributed by atoms with van der Waals surface area (Å²) in [6.45, 7) is 1.68. The monoisotopic (exact) mass is 556 g/mol. The first-order valence-electron chi connectivity index (χ1n) is 10.5. The molecule has 0 spiro atoms. The van der Waals surface area contributed by atoms with E-state index in [1.165, 1.54) is 24.4 Å². The summed E-state index contributed by atoms with van der Waals surface area (Å²) in [6, 6.07) is 6.56. The fourth-order valence-electron chi connectivity index (χ4n) is 3.27. The van der Waals surface area contributed by atoms with Gasteiger partial charge in [0.25, 0.3) is 11.8 Å². The number of carbonyl (C=O) groups is 2. The summed E-state index contributed by atoms with van der Waals surface area (Å²) in [4.78, 5) is 29.6. The van der Waals surface area contributed by atoms with Gasteiger partial charge in [0.05, 0.1) is 16.3 Å². The Bertz CT molecular complexity index is 1370. The number of pyridine rings is 1. The van der Waals surface area contributed by atoms with E-state index in [4.69, 9.17) is 35.4 Å². The summed E-state index contributed by atoms with van der Waals surface area (Å²) in [5, 5.41) is 11.5. The van der Waals surface area contributed by atoms with Crippen molar-refractivity contribution in [1.82, 2.24) is 25.4 Å². The van der Waals surface area contributed by atoms with E-state index < -0.39 is 23.5 Å². The van der Waals surface area contributed by atoms with Crippen molar-refractivity contribution in [3.05, 3.63) is 69.1 Å². The smallest absolute Gasteiger partial charge is 0.349 e. The van der Waals surface area contributed by atoms with Crippen molar-refractivity contribution in [2.45, 2.75) is 32.0 Å². The van der Waals surface area contributed by atoms with Crippen LogP contribution in [0.4, 0.5) is 18.9 Å². The van der Waals surface area contributed by atoms with Crippen LogP contribution in [-0.2, 0) is 6.18 Å². The lowest BCUT2D eigenvalue weighted by molar-refractivity contribution is -0.141. The van der Waals surface area contributed by atoms with Gasteiger partial charge in [-0.25, -0.2) is 9.67 Å². The van der Waals surface area contributed by atoms with Gasteiger partial charge in [-0.05, 0) is 61.8 Å². The molecule has 0 aliphatic heterocycles. The lowest BCUT2D eigenvalue weighted by Gasteiger charge is -2.16. The number of carbonyl (C=O) groups excluding carboxylic acids is 2. The van der Waals surface area contributed by atoms with Gasteiger partial charge in [-0.3, -0.25) is 14.9 Å². The highest BCUT2D eigenvalue weighted by molar-refractivity contribution is 7.80. The zero-order valence-electron chi connectivity index (χ0n) is 18.4. The molecule has 1 aliphatic rings. The third kappa shape index (κ3) is 5.77. The van der Waals surface area contributed by atoms with Gasteiger partial charge in [0.15, 0.2) is 16.6 Å². The molecule has 188 valence electrons. The van der Waals surface area contributed by atoms with Crippen molar-refractivity contribution in [1.29, 1.82) is 0 Å². The number of thiocarbonyl (C=S) groups is 1. The first kappa shape index (κ1) is 25.9. The molecule has 2 heterocycles. The Kier molecular flexibility index (Phi) is 7.21. The molecule has 4 rings (SSSR count). The Morgan fingerprint density at radius 3 is 2.53 bits per heavy atom. The molecule has 8 nitrogen and oxygen atoms in total. The first-order chi connectivity index (χ1) is 16.9. The predicted octanol–water partition coefficient (Wildman–Crippen LogP) is 4.92. The van der Waals surface area contributed by atoms with E-state index in [9.17, 15) is 22.8 Å². The maximum absolute atomic E-state index is 13.4. The second-order valence-electron chi connectivity index (χ2n) is 7.93. The van der Waals surface area contributed by atoms with Crippen molar-refractivity contribution in [2.75, 3.05) is 5.32 Å². The summed E-state index contributed by atoms with van der Waals surface area (Å²) in [7, 11) is 0. The number of halogens is 5. The van der Waals surface area contributed by atoms with Crippen molar-refractivity contribution >= 4 is 58.0 Å². The number of nitrogens with zero attached hydrogens (tertiary/aromatic N) is 3. The van der Waals surface area contributed by atoms with Crippen molar-refractivity contribution < 1.29 is 22.8 Å². The summed E-state index contributed by atoms with van der Waals surface area (Å²) in [5.41, 5.74) is -0.773. The molecule has 1 saturated carbocycles. The van der Waals surface area contributed by atoms with E-state index in [0.717, 1.165) is 12.8 Å². The number of alkyl halides is 3. The van der Waals surface area contributed by atoms with Gasteiger partial charge in [0.2, 0.25) is 0 Å². The SMILES string of the molecule is Cc1cc(Cl)cc(C(=O)NC2CC2)c1NC(=S)NC(=O)c1cc(C(F)(F)F)nn1-c1ncccc1Cl. The first-order valence-corrected chi connectivity index (χ1v) is 11.6. The van der Waals surface area contributed by atoms with Crippen molar-refractivity contribution in [3.63, 3.8) is 0 Å². The molecular weight excluding hydrogens is 540 g/mol. The van der Waals surface area contributed by atoms with E-state index in [2.05, 4.69) is 26.0 Å². The molecule has 2 amide bonds. The van der Waals surface area contributed by atoms with E-state index in [-0.39, 0.29) is 33.5 Å². The standard InChI is InChI=1S/C22H17Cl2F3N6O2S/c1-10-7-11(23)8-13(19(34)29-12-4-5-12)17(10)30-21(36)31-20(35)15-9-16(22(25,26)27)32-33(15)18-14(24)3-2-6-28-18/h2-3,6-9,12H,4-5H2,1H3,(H,29,34)(H2,30,31,35,36). The van der Waals surface area contributed by atoms with Crippen LogP contribution in [0.15, 0.2) is 36.5 Å². The number of anilines is 1. The number of nitrogens with one attached hydrogen (secondary N) is 3. The van der Waals surface area contributed by atoms with Crippen LogP contribution in [0.5, 0.6) is 0 Å². The van der Waals surface area contributed by atoms with Crippen LogP contribution in [0, 0.1) is 6.92 Å². The summed E-state index contributed by atoms with van der Waals surface area (Å²) in [6.07, 6.45) is -1.79. The highest BCUT2D eigenvalue weighted by atomic mass is 35.5. The predicted molar refractivity (Wildman–Crippen MR) is 132 cm³/mol. The highest BCUT2D eigenvalue weighted by Gasteiger charge is 2.36. The molecule has 36 heavy (non-hydrogen) atoms. The van der Waals surface area contributed by atoms with E-state index in [1.807, 2.05) is 0 Å². The Morgan fingerprint density at radius 1 is 1.17 bits per heavy atom. The van der Waals surface area contributed by atoms with E-state index in [0.29, 0.717) is 27.0 Å². The largest absolute Gasteiger partial charge is 0.435 e. The number of hydrogen-bond acceptors (Lipinski definition) is 5. The third-order valence-electron chi connectivity index (χ3n) is 5.10. The highest BCUT2D eigenvalue weighted by Crippen LogP contribution is 2.31. The Balaban J connectivity index is 1.61. The second kappa shape index (κ2) is 10.0. The van der Waals surface area contributed by atoms with Gasteiger partial charge in [0, 0.05) is 23.3 Å². The molecule has 0 radical (unpaired) electrons. The zero-order valence-corrected chi connectivity index (χ0v) is 20.7. The van der Waals surface area contributed by atoms with Gasteiger partial charge in [-0.2, -0.15) is 18.3 Å². The van der Waals surface area contributed by atoms with Crippen LogP contribution in [0.3, 0.4) is 0 Å². The normalized spacial score (nSPS) is 13.3. The lowest BCUT2D eigenvalue weighted by atomic mass is 10.1. The molecule has 1 aliphatic carbocycles. The van der Waals surface area contributed by atoms with Gasteiger partial charge in [-0.1, -0.05) is 23.2 Å². The quantitative estimate of drug-likeness (QED) is 0.385. The fraction of sp³-hybridized carbons (Fsp3) is 0.227. The van der Waals surface area contributed by atoms with Crippen LogP contribution >= 0.6 is 35.4 Å². The Labute approximate surface area is 218 Å². The van der Waals surface area contributed by atoms with Crippen LogP contribution in [0.25, 0.3) is 5.82 Å². The van der Waals surface area contributed by atoms with Gasteiger partial charge < -0.3 is 10.6 Å². The van der Waals surface area contributed by atoms with Crippen molar-refractivity contribution in [2.24, 2.45) is 0 Å². The Morgan fingerprint density at radius 2 is 1.89 bits per heavy atom. The number of benzene rings is 1. The molecule has 0 saturated heterocycles. The van der Waals surface area contributed by atoms with Gasteiger partial charge in [0.1, 0.15) is 5.69 Å². The summed E-state index contributed by atoms with van der Waals surface area (Å²) in [5.74, 6) is -1.56. The maximum atomic E-state index is 13.4. The van der Waals surface area contributed by atoms with Crippen LogP contribution in [0.1, 0.15) is 44.9 Å². The zero-order chi connectivity index (χ0) is 26.2. The molecule has 1 aromatic carbocycles. The number of aryl methyl sites for hydroxylation is 1. The van der Waals surface area contributed by atoms with Crippen molar-refractivity contribution in [3.8, 4) is 5.82 Å². The maximum Gasteiger partial charge on any atom is 0.435 e. The molecule has 0 unspecified atom stereocenters. The molecule has 14 heteroatoms. The molecular formula is C22H17Cl2F3N6O2S. The second-order valence-corrected chi connectivity index (χ2v) is 9.19. The number of amides is 2.